The molecule has 9 heteroatoms. The number of ketones is 1. The summed E-state index contributed by atoms with van der Waals surface area (Å²) in [4.78, 5) is 26.2. The van der Waals surface area contributed by atoms with Gasteiger partial charge in [-0.15, -0.1) is 0 Å². The Kier molecular flexibility index (Phi) is 5.51. The molecule has 0 bridgehead atoms. The van der Waals surface area contributed by atoms with Crippen molar-refractivity contribution in [3.8, 4) is 29.2 Å². The fourth-order valence-corrected chi connectivity index (χ4v) is 3.80. The van der Waals surface area contributed by atoms with Crippen LogP contribution >= 0.6 is 11.6 Å². The lowest BCUT2D eigenvalue weighted by molar-refractivity contribution is 0.103. The van der Waals surface area contributed by atoms with Crippen LogP contribution in [0.3, 0.4) is 0 Å². The summed E-state index contributed by atoms with van der Waals surface area (Å²) in [5, 5.41) is 20.7. The van der Waals surface area contributed by atoms with E-state index >= 15 is 0 Å². The van der Waals surface area contributed by atoms with Crippen molar-refractivity contribution in [3.63, 3.8) is 0 Å². The van der Waals surface area contributed by atoms with E-state index in [0.29, 0.717) is 22.8 Å². The van der Waals surface area contributed by atoms with Crippen molar-refractivity contribution in [1.29, 1.82) is 5.26 Å². The number of aromatic nitrogens is 1. The van der Waals surface area contributed by atoms with Crippen LogP contribution in [0.4, 0.5) is 0 Å². The van der Waals surface area contributed by atoms with Crippen LogP contribution < -0.4 is 19.8 Å². The van der Waals surface area contributed by atoms with Crippen LogP contribution in [-0.2, 0) is 6.54 Å². The first kappa shape index (κ1) is 21.3. The number of hydrogen-bond donors (Lipinski definition) is 1. The number of aromatic hydroxyl groups is 1. The third-order valence-corrected chi connectivity index (χ3v) is 5.51. The number of fused-ring (bicyclic) bond motifs is 1. The SMILES string of the molecule is COc1ccc(C(=O)c2c(C)c(C#N)c(=O)n(Cc3ccc4c(c3)OCO4)c2O)cc1Cl. The van der Waals surface area contributed by atoms with Crippen LogP contribution in [-0.4, -0.2) is 29.4 Å². The van der Waals surface area contributed by atoms with Gasteiger partial charge in [0.1, 0.15) is 17.4 Å². The Morgan fingerprint density at radius 3 is 2.69 bits per heavy atom. The first-order chi connectivity index (χ1) is 15.3. The van der Waals surface area contributed by atoms with E-state index in [1.54, 1.807) is 18.2 Å². The van der Waals surface area contributed by atoms with Gasteiger partial charge < -0.3 is 19.3 Å². The molecule has 1 aromatic heterocycles. The van der Waals surface area contributed by atoms with E-state index in [-0.39, 0.29) is 40.6 Å². The minimum absolute atomic E-state index is 0.0834. The molecule has 162 valence electrons. The molecule has 4 rings (SSSR count). The van der Waals surface area contributed by atoms with Crippen LogP contribution in [0.1, 0.15) is 32.6 Å². The first-order valence-electron chi connectivity index (χ1n) is 9.49. The van der Waals surface area contributed by atoms with Crippen LogP contribution in [0.2, 0.25) is 5.02 Å². The highest BCUT2D eigenvalue weighted by molar-refractivity contribution is 6.32. The minimum Gasteiger partial charge on any atom is -0.495 e. The predicted molar refractivity (Wildman–Crippen MR) is 115 cm³/mol. The highest BCUT2D eigenvalue weighted by atomic mass is 35.5. The molecule has 0 saturated carbocycles. The Hall–Kier alpha value is -3.96. The van der Waals surface area contributed by atoms with Gasteiger partial charge in [0.25, 0.3) is 5.56 Å². The lowest BCUT2D eigenvalue weighted by atomic mass is 9.97. The minimum atomic E-state index is -0.704. The summed E-state index contributed by atoms with van der Waals surface area (Å²) in [6, 6.07) is 11.3. The van der Waals surface area contributed by atoms with Crippen molar-refractivity contribution in [3.05, 3.63) is 79.6 Å². The summed E-state index contributed by atoms with van der Waals surface area (Å²) >= 11 is 6.14. The van der Waals surface area contributed by atoms with E-state index < -0.39 is 17.2 Å². The van der Waals surface area contributed by atoms with Gasteiger partial charge >= 0.3 is 0 Å². The van der Waals surface area contributed by atoms with Gasteiger partial charge in [-0.1, -0.05) is 17.7 Å². The summed E-state index contributed by atoms with van der Waals surface area (Å²) < 4.78 is 16.7. The zero-order valence-corrected chi connectivity index (χ0v) is 17.9. The van der Waals surface area contributed by atoms with E-state index in [1.807, 2.05) is 6.07 Å². The van der Waals surface area contributed by atoms with Gasteiger partial charge in [-0.05, 0) is 48.4 Å². The van der Waals surface area contributed by atoms with Gasteiger partial charge in [0.2, 0.25) is 12.7 Å². The number of halogens is 1. The highest BCUT2D eigenvalue weighted by Gasteiger charge is 2.26. The molecule has 0 fully saturated rings. The van der Waals surface area contributed by atoms with Crippen molar-refractivity contribution in [2.24, 2.45) is 0 Å². The normalized spacial score (nSPS) is 11.8. The van der Waals surface area contributed by atoms with E-state index in [2.05, 4.69) is 0 Å². The maximum Gasteiger partial charge on any atom is 0.271 e. The van der Waals surface area contributed by atoms with Gasteiger partial charge in [0, 0.05) is 5.56 Å². The van der Waals surface area contributed by atoms with E-state index in [9.17, 15) is 20.0 Å². The number of methoxy groups -OCH3 is 1. The number of nitriles is 1. The molecule has 0 radical (unpaired) electrons. The number of carbonyl (C=O) groups excluding carboxylic acids is 1. The summed E-state index contributed by atoms with van der Waals surface area (Å²) in [6.07, 6.45) is 0. The number of ether oxygens (including phenoxy) is 3. The smallest absolute Gasteiger partial charge is 0.271 e. The molecule has 1 aliphatic rings. The summed E-state index contributed by atoms with van der Waals surface area (Å²) in [7, 11) is 1.45. The van der Waals surface area contributed by atoms with Gasteiger partial charge in [-0.3, -0.25) is 14.2 Å². The highest BCUT2D eigenvalue weighted by Crippen LogP contribution is 2.34. The van der Waals surface area contributed by atoms with Crippen molar-refractivity contribution < 1.29 is 24.1 Å². The van der Waals surface area contributed by atoms with Crippen molar-refractivity contribution >= 4 is 17.4 Å². The standard InChI is InChI=1S/C23H17ClN2O6/c1-12-15(9-25)22(28)26(10-13-3-5-18-19(7-13)32-11-31-18)23(29)20(12)21(27)14-4-6-17(30-2)16(24)8-14/h3-8,29H,10-11H2,1-2H3. The largest absolute Gasteiger partial charge is 0.495 e. The number of benzene rings is 2. The number of hydrogen-bond acceptors (Lipinski definition) is 7. The molecule has 0 spiro atoms. The summed E-state index contributed by atoms with van der Waals surface area (Å²) in [6.45, 7) is 1.46. The topological polar surface area (TPSA) is 111 Å². The molecule has 2 aromatic carbocycles. The zero-order valence-electron chi connectivity index (χ0n) is 17.1. The van der Waals surface area contributed by atoms with Crippen LogP contribution in [0.15, 0.2) is 41.2 Å². The Bertz CT molecular complexity index is 1360. The molecular weight excluding hydrogens is 436 g/mol. The number of pyridine rings is 1. The lowest BCUT2D eigenvalue weighted by Gasteiger charge is -2.16. The van der Waals surface area contributed by atoms with Gasteiger partial charge in [0.05, 0.1) is 24.2 Å². The monoisotopic (exact) mass is 452 g/mol. The third-order valence-electron chi connectivity index (χ3n) is 5.22. The Morgan fingerprint density at radius 2 is 2.00 bits per heavy atom. The Morgan fingerprint density at radius 1 is 1.25 bits per heavy atom. The van der Waals surface area contributed by atoms with Gasteiger partial charge in [0.15, 0.2) is 17.3 Å². The zero-order chi connectivity index (χ0) is 23.0. The second kappa shape index (κ2) is 8.29. The second-order valence-electron chi connectivity index (χ2n) is 7.07. The van der Waals surface area contributed by atoms with Crippen LogP contribution in [0.5, 0.6) is 23.1 Å². The van der Waals surface area contributed by atoms with E-state index in [0.717, 1.165) is 4.57 Å². The Balaban J connectivity index is 1.83. The van der Waals surface area contributed by atoms with Gasteiger partial charge in [-0.25, -0.2) is 0 Å². The molecule has 0 aliphatic carbocycles. The third kappa shape index (κ3) is 3.53. The maximum absolute atomic E-state index is 13.3. The molecule has 3 aromatic rings. The quantitative estimate of drug-likeness (QED) is 0.590. The number of rotatable bonds is 5. The first-order valence-corrected chi connectivity index (χ1v) is 9.86. The fraction of sp³-hybridized carbons (Fsp3) is 0.174. The maximum atomic E-state index is 13.3. The molecule has 2 heterocycles. The molecule has 32 heavy (non-hydrogen) atoms. The predicted octanol–water partition coefficient (Wildman–Crippen LogP) is 3.40. The number of carbonyl (C=O) groups is 1. The molecule has 1 aliphatic heterocycles. The average molecular weight is 453 g/mol. The summed E-state index contributed by atoms with van der Waals surface area (Å²) in [5.41, 5.74) is -0.204. The molecule has 8 nitrogen and oxygen atoms in total. The average Bonchev–Trinajstić information content (AvgIpc) is 3.25. The van der Waals surface area contributed by atoms with Crippen molar-refractivity contribution in [1.82, 2.24) is 4.57 Å². The molecule has 1 N–H and O–H groups in total. The molecule has 0 atom stereocenters. The molecular formula is C23H17ClN2O6. The van der Waals surface area contributed by atoms with Crippen LogP contribution in [0, 0.1) is 18.3 Å². The van der Waals surface area contributed by atoms with E-state index in [1.165, 1.54) is 32.2 Å². The summed E-state index contributed by atoms with van der Waals surface area (Å²) in [5.74, 6) is 0.335. The van der Waals surface area contributed by atoms with Crippen molar-refractivity contribution in [2.45, 2.75) is 13.5 Å². The number of nitrogens with zero attached hydrogens (tertiary/aromatic N) is 2. The molecule has 0 amide bonds. The molecule has 0 saturated heterocycles. The van der Waals surface area contributed by atoms with Crippen molar-refractivity contribution in [2.75, 3.05) is 13.9 Å². The fourth-order valence-electron chi connectivity index (χ4n) is 3.54. The lowest BCUT2D eigenvalue weighted by Crippen LogP contribution is -2.27. The van der Waals surface area contributed by atoms with Crippen LogP contribution in [0.25, 0.3) is 0 Å². The molecule has 0 unspecified atom stereocenters. The van der Waals surface area contributed by atoms with E-state index in [4.69, 9.17) is 25.8 Å². The Labute approximate surface area is 187 Å². The van der Waals surface area contributed by atoms with Gasteiger partial charge in [-0.2, -0.15) is 5.26 Å². The second-order valence-corrected chi connectivity index (χ2v) is 7.47.